The van der Waals surface area contributed by atoms with Crippen molar-refractivity contribution >= 4 is 23.2 Å². The van der Waals surface area contributed by atoms with Crippen LogP contribution in [0, 0.1) is 6.92 Å². The Hall–Kier alpha value is -2.07. The molecule has 1 aromatic carbocycles. The highest BCUT2D eigenvalue weighted by atomic mass is 35.5. The lowest BCUT2D eigenvalue weighted by molar-refractivity contribution is -0.119. The van der Waals surface area contributed by atoms with Crippen molar-refractivity contribution in [3.8, 4) is 0 Å². The number of pyridine rings is 1. The number of halogens is 1. The zero-order valence-electron chi connectivity index (χ0n) is 11.2. The van der Waals surface area contributed by atoms with Crippen LogP contribution >= 0.6 is 11.6 Å². The van der Waals surface area contributed by atoms with Crippen LogP contribution in [0.15, 0.2) is 42.6 Å². The van der Waals surface area contributed by atoms with Crippen molar-refractivity contribution in [1.29, 1.82) is 0 Å². The van der Waals surface area contributed by atoms with Gasteiger partial charge in [0.05, 0.1) is 18.8 Å². The fourth-order valence-corrected chi connectivity index (χ4v) is 1.89. The number of rotatable bonds is 5. The molecule has 1 heterocycles. The van der Waals surface area contributed by atoms with Gasteiger partial charge in [-0.3, -0.25) is 9.78 Å². The van der Waals surface area contributed by atoms with Crippen molar-refractivity contribution in [2.75, 3.05) is 11.9 Å². The number of nitrogens with one attached hydrogen (secondary N) is 2. The van der Waals surface area contributed by atoms with Crippen molar-refractivity contribution in [3.63, 3.8) is 0 Å². The third kappa shape index (κ3) is 4.24. The number of amides is 1. The summed E-state index contributed by atoms with van der Waals surface area (Å²) < 4.78 is 0. The average Bonchev–Trinajstić information content (AvgIpc) is 2.47. The quantitative estimate of drug-likeness (QED) is 0.890. The van der Waals surface area contributed by atoms with E-state index in [0.29, 0.717) is 11.6 Å². The molecular weight excluding hydrogens is 274 g/mol. The van der Waals surface area contributed by atoms with Gasteiger partial charge in [0.25, 0.3) is 0 Å². The molecule has 0 radical (unpaired) electrons. The zero-order valence-corrected chi connectivity index (χ0v) is 11.9. The predicted octanol–water partition coefficient (Wildman–Crippen LogP) is 2.77. The second-order valence-electron chi connectivity index (χ2n) is 4.41. The molecular formula is C15H16ClN3O. The Morgan fingerprint density at radius 3 is 2.90 bits per heavy atom. The van der Waals surface area contributed by atoms with E-state index in [1.807, 2.05) is 43.3 Å². The van der Waals surface area contributed by atoms with E-state index in [4.69, 9.17) is 11.6 Å². The maximum atomic E-state index is 11.8. The van der Waals surface area contributed by atoms with E-state index < -0.39 is 0 Å². The molecule has 0 unspecified atom stereocenters. The number of anilines is 1. The first kappa shape index (κ1) is 14.3. The molecule has 1 aromatic heterocycles. The van der Waals surface area contributed by atoms with E-state index in [1.165, 1.54) is 0 Å². The molecule has 0 spiro atoms. The van der Waals surface area contributed by atoms with Gasteiger partial charge in [0.2, 0.25) is 5.91 Å². The summed E-state index contributed by atoms with van der Waals surface area (Å²) >= 11 is 5.92. The minimum atomic E-state index is -0.0879. The Kier molecular flexibility index (Phi) is 4.96. The summed E-state index contributed by atoms with van der Waals surface area (Å²) in [6.45, 7) is 2.59. The number of carbonyl (C=O) groups is 1. The highest BCUT2D eigenvalue weighted by Gasteiger charge is 2.04. The molecule has 2 rings (SSSR count). The minimum absolute atomic E-state index is 0.0879. The smallest absolute Gasteiger partial charge is 0.239 e. The van der Waals surface area contributed by atoms with Crippen molar-refractivity contribution in [1.82, 2.24) is 10.3 Å². The van der Waals surface area contributed by atoms with Crippen LogP contribution in [0.3, 0.4) is 0 Å². The first-order valence-electron chi connectivity index (χ1n) is 6.32. The molecule has 0 fully saturated rings. The van der Waals surface area contributed by atoms with Gasteiger partial charge in [-0.1, -0.05) is 23.7 Å². The Labute approximate surface area is 123 Å². The molecule has 4 nitrogen and oxygen atoms in total. The first-order chi connectivity index (χ1) is 9.65. The summed E-state index contributed by atoms with van der Waals surface area (Å²) in [6.07, 6.45) is 1.70. The molecule has 0 saturated carbocycles. The number of aryl methyl sites for hydroxylation is 1. The van der Waals surface area contributed by atoms with Gasteiger partial charge in [-0.15, -0.1) is 0 Å². The van der Waals surface area contributed by atoms with Gasteiger partial charge in [0.1, 0.15) is 0 Å². The lowest BCUT2D eigenvalue weighted by atomic mass is 10.2. The minimum Gasteiger partial charge on any atom is -0.376 e. The van der Waals surface area contributed by atoms with Crippen molar-refractivity contribution in [2.45, 2.75) is 13.5 Å². The third-order valence-corrected chi connectivity index (χ3v) is 3.07. The van der Waals surface area contributed by atoms with Gasteiger partial charge in [0.15, 0.2) is 0 Å². The number of hydrogen-bond acceptors (Lipinski definition) is 3. The van der Waals surface area contributed by atoms with E-state index in [1.54, 1.807) is 6.20 Å². The number of aromatic nitrogens is 1. The average molecular weight is 290 g/mol. The molecule has 1 amide bonds. The van der Waals surface area contributed by atoms with Gasteiger partial charge in [0, 0.05) is 16.9 Å². The van der Waals surface area contributed by atoms with Gasteiger partial charge in [-0.25, -0.2) is 0 Å². The number of hydrogen-bond donors (Lipinski definition) is 2. The summed E-state index contributed by atoms with van der Waals surface area (Å²) in [4.78, 5) is 15.9. The van der Waals surface area contributed by atoms with Crippen LogP contribution < -0.4 is 10.6 Å². The molecule has 5 heteroatoms. The van der Waals surface area contributed by atoms with Gasteiger partial charge in [-0.2, -0.15) is 0 Å². The number of nitrogens with zero attached hydrogens (tertiary/aromatic N) is 1. The molecule has 0 saturated heterocycles. The molecule has 2 aromatic rings. The van der Waals surface area contributed by atoms with Crippen LogP contribution in [0.5, 0.6) is 0 Å². The van der Waals surface area contributed by atoms with Crippen molar-refractivity contribution < 1.29 is 4.79 Å². The summed E-state index contributed by atoms with van der Waals surface area (Å²) in [5.41, 5.74) is 2.75. The highest BCUT2D eigenvalue weighted by molar-refractivity contribution is 6.30. The van der Waals surface area contributed by atoms with E-state index >= 15 is 0 Å². The Bertz CT molecular complexity index is 587. The van der Waals surface area contributed by atoms with Crippen LogP contribution in [-0.2, 0) is 11.3 Å². The summed E-state index contributed by atoms with van der Waals surface area (Å²) in [7, 11) is 0. The molecule has 20 heavy (non-hydrogen) atoms. The summed E-state index contributed by atoms with van der Waals surface area (Å²) in [6, 6.07) is 11.1. The van der Waals surface area contributed by atoms with E-state index in [-0.39, 0.29) is 12.5 Å². The van der Waals surface area contributed by atoms with Crippen LogP contribution in [0.2, 0.25) is 5.02 Å². The van der Waals surface area contributed by atoms with Crippen molar-refractivity contribution in [3.05, 3.63) is 58.9 Å². The summed E-state index contributed by atoms with van der Waals surface area (Å²) in [5, 5.41) is 6.52. The zero-order chi connectivity index (χ0) is 14.4. The second kappa shape index (κ2) is 6.91. The molecule has 2 N–H and O–H groups in total. The topological polar surface area (TPSA) is 54.0 Å². The fraction of sp³-hybridized carbons (Fsp3) is 0.200. The monoisotopic (exact) mass is 289 g/mol. The fourth-order valence-electron chi connectivity index (χ4n) is 1.71. The van der Waals surface area contributed by atoms with Crippen molar-refractivity contribution in [2.24, 2.45) is 0 Å². The van der Waals surface area contributed by atoms with E-state index in [9.17, 15) is 4.79 Å². The standard InChI is InChI=1S/C15H16ClN3O/c1-11-5-6-12(16)8-14(11)18-10-15(20)19-9-13-4-2-3-7-17-13/h2-8,18H,9-10H2,1H3,(H,19,20). The van der Waals surface area contributed by atoms with Crippen LogP contribution in [0.4, 0.5) is 5.69 Å². The van der Waals surface area contributed by atoms with E-state index in [0.717, 1.165) is 16.9 Å². The lowest BCUT2D eigenvalue weighted by Crippen LogP contribution is -2.29. The third-order valence-electron chi connectivity index (χ3n) is 2.83. The molecule has 0 bridgehead atoms. The Morgan fingerprint density at radius 1 is 1.30 bits per heavy atom. The molecule has 104 valence electrons. The SMILES string of the molecule is Cc1ccc(Cl)cc1NCC(=O)NCc1ccccn1. The maximum Gasteiger partial charge on any atom is 0.239 e. The normalized spacial score (nSPS) is 10.1. The summed E-state index contributed by atoms with van der Waals surface area (Å²) in [5.74, 6) is -0.0879. The maximum absolute atomic E-state index is 11.8. The highest BCUT2D eigenvalue weighted by Crippen LogP contribution is 2.19. The molecule has 0 atom stereocenters. The van der Waals surface area contributed by atoms with E-state index in [2.05, 4.69) is 15.6 Å². The second-order valence-corrected chi connectivity index (χ2v) is 4.85. The number of benzene rings is 1. The van der Waals surface area contributed by atoms with Crippen LogP contribution in [0.1, 0.15) is 11.3 Å². The number of carbonyl (C=O) groups excluding carboxylic acids is 1. The van der Waals surface area contributed by atoms with Gasteiger partial charge in [-0.05, 0) is 36.8 Å². The van der Waals surface area contributed by atoms with Gasteiger partial charge < -0.3 is 10.6 Å². The molecule has 0 aliphatic carbocycles. The first-order valence-corrected chi connectivity index (χ1v) is 6.69. The Balaban J connectivity index is 1.82. The molecule has 0 aliphatic rings. The Morgan fingerprint density at radius 2 is 2.15 bits per heavy atom. The predicted molar refractivity (Wildman–Crippen MR) is 80.8 cm³/mol. The largest absolute Gasteiger partial charge is 0.376 e. The van der Waals surface area contributed by atoms with Gasteiger partial charge >= 0.3 is 0 Å². The van der Waals surface area contributed by atoms with Crippen LogP contribution in [-0.4, -0.2) is 17.4 Å². The molecule has 0 aliphatic heterocycles. The lowest BCUT2D eigenvalue weighted by Gasteiger charge is -2.10. The van der Waals surface area contributed by atoms with Crippen LogP contribution in [0.25, 0.3) is 0 Å².